The summed E-state index contributed by atoms with van der Waals surface area (Å²) in [5.41, 5.74) is 3.16. The molecule has 1 heterocycles. The highest BCUT2D eigenvalue weighted by Gasteiger charge is 2.38. The summed E-state index contributed by atoms with van der Waals surface area (Å²) in [7, 11) is 0. The first-order valence-corrected chi connectivity index (χ1v) is 13.0. The van der Waals surface area contributed by atoms with Crippen LogP contribution in [0, 0.1) is 0 Å². The molecule has 8 heteroatoms. The smallest absolute Gasteiger partial charge is 0.253 e. The summed E-state index contributed by atoms with van der Waals surface area (Å²) in [6, 6.07) is 30.9. The molecule has 0 unspecified atom stereocenters. The highest BCUT2D eigenvalue weighted by Crippen LogP contribution is 2.41. The van der Waals surface area contributed by atoms with Crippen LogP contribution in [0.25, 0.3) is 21.8 Å². The van der Waals surface area contributed by atoms with Gasteiger partial charge in [-0.05, 0) is 34.5 Å². The fraction of sp³-hybridized carbons (Fsp3) is 0.111. The van der Waals surface area contributed by atoms with E-state index in [4.69, 9.17) is 39.8 Å². The molecule has 0 saturated heterocycles. The van der Waals surface area contributed by atoms with Crippen LogP contribution >= 0.6 is 46.6 Å². The van der Waals surface area contributed by atoms with Crippen molar-refractivity contribution in [3.63, 3.8) is 0 Å². The lowest BCUT2D eigenvalue weighted by atomic mass is 10.0. The van der Waals surface area contributed by atoms with Gasteiger partial charge in [0.05, 0.1) is 11.0 Å². The molecule has 4 nitrogen and oxygen atoms in total. The van der Waals surface area contributed by atoms with E-state index in [1.54, 1.807) is 10.6 Å². The zero-order valence-corrected chi connectivity index (χ0v) is 21.5. The number of hydrogen-bond acceptors (Lipinski definition) is 3. The first kappa shape index (κ1) is 24.0. The van der Waals surface area contributed by atoms with Crippen LogP contribution in [-0.2, 0) is 5.75 Å². The Hall–Kier alpha value is -2.70. The minimum atomic E-state index is -1.84. The van der Waals surface area contributed by atoms with Crippen molar-refractivity contribution in [2.24, 2.45) is 0 Å². The number of para-hydroxylation sites is 2. The Bertz CT molecular complexity index is 1490. The Morgan fingerprint density at radius 3 is 2.37 bits per heavy atom. The number of hydrogen-bond donors (Lipinski definition) is 1. The standard InChI is InChI=1S/C27H20Cl3N3OS/c28-27(29,30)25(32-24(34)21-14-8-12-19-11-4-5-13-20(19)21)33-23-16-7-6-15-22(23)31-26(33)35-17-18-9-2-1-3-10-18/h1-16,25H,17H2,(H,32,34)/t25-/m1/s1. The van der Waals surface area contributed by atoms with Gasteiger partial charge in [-0.15, -0.1) is 0 Å². The number of nitrogens with one attached hydrogen (secondary N) is 1. The number of aromatic nitrogens is 2. The van der Waals surface area contributed by atoms with E-state index in [1.807, 2.05) is 78.9 Å². The zero-order chi connectivity index (χ0) is 24.4. The molecule has 176 valence electrons. The lowest BCUT2D eigenvalue weighted by Gasteiger charge is -2.29. The van der Waals surface area contributed by atoms with E-state index in [-0.39, 0.29) is 5.91 Å². The normalized spacial score (nSPS) is 12.7. The Balaban J connectivity index is 1.55. The quantitative estimate of drug-likeness (QED) is 0.177. The van der Waals surface area contributed by atoms with E-state index in [1.165, 1.54) is 11.8 Å². The fourth-order valence-electron chi connectivity index (χ4n) is 4.01. The molecule has 0 bridgehead atoms. The lowest BCUT2D eigenvalue weighted by Crippen LogP contribution is -2.40. The number of nitrogens with zero attached hydrogens (tertiary/aromatic N) is 2. The molecule has 35 heavy (non-hydrogen) atoms. The number of carbonyl (C=O) groups excluding carboxylic acids is 1. The summed E-state index contributed by atoms with van der Waals surface area (Å²) in [4.78, 5) is 18.3. The van der Waals surface area contributed by atoms with E-state index in [2.05, 4.69) is 17.4 Å². The number of imidazole rings is 1. The van der Waals surface area contributed by atoms with Crippen LogP contribution in [0.4, 0.5) is 0 Å². The number of benzene rings is 4. The van der Waals surface area contributed by atoms with Crippen molar-refractivity contribution >= 4 is 74.3 Å². The number of fused-ring (bicyclic) bond motifs is 2. The predicted octanol–water partition coefficient (Wildman–Crippen LogP) is 7.78. The largest absolute Gasteiger partial charge is 0.328 e. The summed E-state index contributed by atoms with van der Waals surface area (Å²) < 4.78 is -0.0370. The SMILES string of the molecule is O=C(N[C@H](n1c(SCc2ccccc2)nc2ccccc21)C(Cl)(Cl)Cl)c1cccc2ccccc12. The predicted molar refractivity (Wildman–Crippen MR) is 146 cm³/mol. The lowest BCUT2D eigenvalue weighted by molar-refractivity contribution is 0.0921. The topological polar surface area (TPSA) is 46.9 Å². The van der Waals surface area contributed by atoms with Crippen LogP contribution in [-0.4, -0.2) is 19.3 Å². The average Bonchev–Trinajstić information content (AvgIpc) is 3.23. The molecule has 0 saturated carbocycles. The molecule has 1 N–H and O–H groups in total. The summed E-state index contributed by atoms with van der Waals surface area (Å²) in [6.45, 7) is 0. The van der Waals surface area contributed by atoms with Crippen LogP contribution in [0.5, 0.6) is 0 Å². The first-order chi connectivity index (χ1) is 16.9. The van der Waals surface area contributed by atoms with Crippen LogP contribution in [0.1, 0.15) is 22.1 Å². The summed E-state index contributed by atoms with van der Waals surface area (Å²) in [6.07, 6.45) is -0.996. The van der Waals surface area contributed by atoms with Gasteiger partial charge >= 0.3 is 0 Å². The fourth-order valence-corrected chi connectivity index (χ4v) is 5.46. The molecule has 4 aromatic carbocycles. The zero-order valence-electron chi connectivity index (χ0n) is 18.4. The van der Waals surface area contributed by atoms with E-state index in [9.17, 15) is 4.79 Å². The molecule has 0 spiro atoms. The second-order valence-electron chi connectivity index (χ2n) is 7.97. The maximum atomic E-state index is 13.5. The van der Waals surface area contributed by atoms with Gasteiger partial charge in [-0.3, -0.25) is 9.36 Å². The van der Waals surface area contributed by atoms with Gasteiger partial charge < -0.3 is 5.32 Å². The monoisotopic (exact) mass is 539 g/mol. The van der Waals surface area contributed by atoms with Crippen LogP contribution < -0.4 is 5.32 Å². The van der Waals surface area contributed by atoms with Crippen molar-refractivity contribution in [2.75, 3.05) is 0 Å². The number of alkyl halides is 3. The van der Waals surface area contributed by atoms with Gasteiger partial charge in [-0.25, -0.2) is 4.98 Å². The van der Waals surface area contributed by atoms with Crippen molar-refractivity contribution < 1.29 is 4.79 Å². The number of amides is 1. The van der Waals surface area contributed by atoms with Crippen LogP contribution in [0.2, 0.25) is 0 Å². The minimum Gasteiger partial charge on any atom is -0.328 e. The Morgan fingerprint density at radius 2 is 1.57 bits per heavy atom. The number of carbonyl (C=O) groups is 1. The molecule has 0 aliphatic carbocycles. The van der Waals surface area contributed by atoms with Gasteiger partial charge in [0, 0.05) is 11.3 Å². The highest BCUT2D eigenvalue weighted by molar-refractivity contribution is 7.98. The average molecular weight is 541 g/mol. The van der Waals surface area contributed by atoms with Crippen molar-refractivity contribution in [3.05, 3.63) is 108 Å². The number of thioether (sulfide) groups is 1. The molecule has 5 aromatic rings. The Kier molecular flexibility index (Phi) is 6.94. The Labute approximate surface area is 222 Å². The van der Waals surface area contributed by atoms with Crippen molar-refractivity contribution in [1.82, 2.24) is 14.9 Å². The third-order valence-corrected chi connectivity index (χ3v) is 7.29. The number of halogens is 3. The van der Waals surface area contributed by atoms with Gasteiger partial charge in [0.1, 0.15) is 0 Å². The summed E-state index contributed by atoms with van der Waals surface area (Å²) in [5.74, 6) is 0.337. The molecule has 0 aliphatic rings. The number of rotatable bonds is 6. The van der Waals surface area contributed by atoms with Gasteiger partial charge in [0.25, 0.3) is 5.91 Å². The van der Waals surface area contributed by atoms with E-state index >= 15 is 0 Å². The maximum Gasteiger partial charge on any atom is 0.253 e. The molecule has 0 fully saturated rings. The Morgan fingerprint density at radius 1 is 0.886 bits per heavy atom. The molecule has 5 rings (SSSR count). The minimum absolute atomic E-state index is 0.338. The third-order valence-electron chi connectivity index (χ3n) is 5.64. The molecule has 1 aromatic heterocycles. The second kappa shape index (κ2) is 10.1. The second-order valence-corrected chi connectivity index (χ2v) is 11.3. The molecule has 1 amide bonds. The summed E-state index contributed by atoms with van der Waals surface area (Å²) >= 11 is 21.0. The summed E-state index contributed by atoms with van der Waals surface area (Å²) in [5, 5.41) is 5.40. The van der Waals surface area contributed by atoms with Gasteiger partial charge in [0.2, 0.25) is 3.79 Å². The van der Waals surface area contributed by atoms with E-state index in [0.717, 1.165) is 27.4 Å². The van der Waals surface area contributed by atoms with Crippen LogP contribution in [0.3, 0.4) is 0 Å². The maximum absolute atomic E-state index is 13.5. The molecule has 0 radical (unpaired) electrons. The van der Waals surface area contributed by atoms with Gasteiger partial charge in [-0.2, -0.15) is 0 Å². The molecule has 0 aliphatic heterocycles. The van der Waals surface area contributed by atoms with Crippen LogP contribution in [0.15, 0.2) is 102 Å². The highest BCUT2D eigenvalue weighted by atomic mass is 35.6. The molecule has 1 atom stereocenters. The van der Waals surface area contributed by atoms with Crippen molar-refractivity contribution in [1.29, 1.82) is 0 Å². The first-order valence-electron chi connectivity index (χ1n) is 10.9. The third kappa shape index (κ3) is 5.14. The van der Waals surface area contributed by atoms with Gasteiger partial charge in [0.15, 0.2) is 11.3 Å². The molecular weight excluding hydrogens is 521 g/mol. The van der Waals surface area contributed by atoms with E-state index in [0.29, 0.717) is 16.5 Å². The van der Waals surface area contributed by atoms with Crippen molar-refractivity contribution in [3.8, 4) is 0 Å². The van der Waals surface area contributed by atoms with Crippen molar-refractivity contribution in [2.45, 2.75) is 20.9 Å². The molecular formula is C27H20Cl3N3OS. The van der Waals surface area contributed by atoms with E-state index < -0.39 is 9.96 Å². The van der Waals surface area contributed by atoms with Gasteiger partial charge in [-0.1, -0.05) is 125 Å².